The minimum absolute atomic E-state index is 0.0289. The smallest absolute Gasteiger partial charge is 0.283 e. The van der Waals surface area contributed by atoms with Gasteiger partial charge in [-0.2, -0.15) is 0 Å². The monoisotopic (exact) mass is 461 g/mol. The lowest BCUT2D eigenvalue weighted by Gasteiger charge is -2.36. The molecule has 0 amide bonds. The van der Waals surface area contributed by atoms with Gasteiger partial charge in [-0.25, -0.2) is 0 Å². The lowest BCUT2D eigenvalue weighted by molar-refractivity contribution is -0.387. The van der Waals surface area contributed by atoms with Crippen molar-refractivity contribution in [3.63, 3.8) is 0 Å². The number of nitro groups is 1. The molecule has 0 radical (unpaired) electrons. The minimum Gasteiger partial charge on any atom is -0.314 e. The summed E-state index contributed by atoms with van der Waals surface area (Å²) in [5, 5.41) is 15.1. The molecule has 1 saturated heterocycles. The number of piperazine rings is 1. The molecule has 0 spiro atoms. The van der Waals surface area contributed by atoms with E-state index in [2.05, 4.69) is 22.3 Å². The van der Waals surface area contributed by atoms with Gasteiger partial charge in [0.05, 0.1) is 9.82 Å². The average molecular weight is 462 g/mol. The summed E-state index contributed by atoms with van der Waals surface area (Å²) in [5.41, 5.74) is 1.65. The highest BCUT2D eigenvalue weighted by Crippen LogP contribution is 2.35. The van der Waals surface area contributed by atoms with E-state index in [-0.39, 0.29) is 11.5 Å². The first-order chi connectivity index (χ1) is 16.1. The third-order valence-electron chi connectivity index (χ3n) is 5.86. The highest BCUT2D eigenvalue weighted by atomic mass is 32.2. The molecule has 0 aliphatic carbocycles. The number of Topliss-reactive ketones (excluding diaryl/α,β-unsaturated/α-hetero) is 1. The fourth-order valence-electron chi connectivity index (χ4n) is 4.11. The van der Waals surface area contributed by atoms with Crippen LogP contribution in [0.2, 0.25) is 0 Å². The van der Waals surface area contributed by atoms with Gasteiger partial charge in [0, 0.05) is 55.2 Å². The summed E-state index contributed by atoms with van der Waals surface area (Å²) >= 11 is 1.33. The van der Waals surface area contributed by atoms with E-state index < -0.39 is 4.92 Å². The van der Waals surface area contributed by atoms with E-state index in [1.165, 1.54) is 23.4 Å². The maximum absolute atomic E-state index is 12.9. The SMILES string of the molecule is O=C(CCN1CCNCC1Cc1ccccc1)c1ccc(Sc2ccccc2)c([N+](=O)[O-])c1. The third kappa shape index (κ3) is 6.28. The number of carbonyl (C=O) groups excluding carboxylic acids is 1. The lowest BCUT2D eigenvalue weighted by Crippen LogP contribution is -2.52. The van der Waals surface area contributed by atoms with Crippen molar-refractivity contribution in [1.82, 2.24) is 10.2 Å². The predicted molar refractivity (Wildman–Crippen MR) is 131 cm³/mol. The number of hydrogen-bond donors (Lipinski definition) is 1. The number of rotatable bonds is 9. The molecule has 1 unspecified atom stereocenters. The molecule has 6 nitrogen and oxygen atoms in total. The van der Waals surface area contributed by atoms with Crippen molar-refractivity contribution in [3.8, 4) is 0 Å². The van der Waals surface area contributed by atoms with Crippen LogP contribution in [-0.4, -0.2) is 47.8 Å². The molecule has 33 heavy (non-hydrogen) atoms. The second kappa shape index (κ2) is 11.2. The van der Waals surface area contributed by atoms with Crippen LogP contribution in [0.25, 0.3) is 0 Å². The number of benzene rings is 3. The average Bonchev–Trinajstić information content (AvgIpc) is 2.84. The summed E-state index contributed by atoms with van der Waals surface area (Å²) in [6.45, 7) is 3.32. The van der Waals surface area contributed by atoms with Crippen LogP contribution in [0.4, 0.5) is 5.69 Å². The van der Waals surface area contributed by atoms with Gasteiger partial charge in [0.1, 0.15) is 0 Å². The summed E-state index contributed by atoms with van der Waals surface area (Å²) in [6, 6.07) is 25.0. The van der Waals surface area contributed by atoms with Gasteiger partial charge in [-0.3, -0.25) is 19.8 Å². The van der Waals surface area contributed by atoms with Crippen molar-refractivity contribution in [2.45, 2.75) is 28.7 Å². The van der Waals surface area contributed by atoms with Crippen LogP contribution in [0.3, 0.4) is 0 Å². The largest absolute Gasteiger partial charge is 0.314 e. The Morgan fingerprint density at radius 3 is 2.52 bits per heavy atom. The molecule has 7 heteroatoms. The van der Waals surface area contributed by atoms with Gasteiger partial charge in [0.15, 0.2) is 5.78 Å². The van der Waals surface area contributed by atoms with Crippen LogP contribution in [0.1, 0.15) is 22.3 Å². The third-order valence-corrected chi connectivity index (χ3v) is 6.93. The number of hydrogen-bond acceptors (Lipinski definition) is 6. The molecule has 170 valence electrons. The zero-order valence-corrected chi connectivity index (χ0v) is 19.2. The Labute approximate surface area is 198 Å². The minimum atomic E-state index is -0.408. The van der Waals surface area contributed by atoms with Crippen molar-refractivity contribution in [2.24, 2.45) is 0 Å². The predicted octanol–water partition coefficient (Wildman–Crippen LogP) is 4.84. The Kier molecular flexibility index (Phi) is 7.88. The van der Waals surface area contributed by atoms with Gasteiger partial charge < -0.3 is 5.32 Å². The molecule has 3 aromatic carbocycles. The van der Waals surface area contributed by atoms with Gasteiger partial charge in [0.25, 0.3) is 5.69 Å². The first kappa shape index (κ1) is 23.2. The van der Waals surface area contributed by atoms with Crippen molar-refractivity contribution >= 4 is 23.2 Å². The van der Waals surface area contributed by atoms with Crippen molar-refractivity contribution in [1.29, 1.82) is 0 Å². The Morgan fingerprint density at radius 2 is 1.79 bits per heavy atom. The topological polar surface area (TPSA) is 75.5 Å². The second-order valence-electron chi connectivity index (χ2n) is 8.11. The summed E-state index contributed by atoms with van der Waals surface area (Å²) in [6.07, 6.45) is 1.27. The molecule has 0 aromatic heterocycles. The van der Waals surface area contributed by atoms with Crippen LogP contribution in [0, 0.1) is 10.1 Å². The van der Waals surface area contributed by atoms with E-state index in [9.17, 15) is 14.9 Å². The summed E-state index contributed by atoms with van der Waals surface area (Å²) in [7, 11) is 0. The highest BCUT2D eigenvalue weighted by molar-refractivity contribution is 7.99. The van der Waals surface area contributed by atoms with E-state index in [1.807, 2.05) is 48.5 Å². The number of nitrogens with zero attached hydrogens (tertiary/aromatic N) is 2. The molecule has 4 rings (SSSR count). The zero-order chi connectivity index (χ0) is 23.0. The standard InChI is InChI=1S/C26H27N3O3S/c30-25(13-15-28-16-14-27-19-22(28)17-20-7-3-1-4-8-20)21-11-12-26(24(18-21)29(31)32)33-23-9-5-2-6-10-23/h1-12,18,22,27H,13-17,19H2. The Bertz CT molecular complexity index is 1090. The molecule has 1 heterocycles. The number of nitrogens with one attached hydrogen (secondary N) is 1. The maximum atomic E-state index is 12.9. The highest BCUT2D eigenvalue weighted by Gasteiger charge is 2.24. The maximum Gasteiger partial charge on any atom is 0.283 e. The van der Waals surface area contributed by atoms with Gasteiger partial charge in [-0.1, -0.05) is 60.3 Å². The van der Waals surface area contributed by atoms with E-state index in [0.717, 1.165) is 31.0 Å². The molecular weight excluding hydrogens is 434 g/mol. The van der Waals surface area contributed by atoms with Crippen molar-refractivity contribution < 1.29 is 9.72 Å². The molecule has 0 bridgehead atoms. The number of carbonyl (C=O) groups is 1. The van der Waals surface area contributed by atoms with Crippen LogP contribution >= 0.6 is 11.8 Å². The summed E-state index contributed by atoms with van der Waals surface area (Å²) in [5.74, 6) is -0.0636. The summed E-state index contributed by atoms with van der Waals surface area (Å²) in [4.78, 5) is 28.0. The lowest BCUT2D eigenvalue weighted by atomic mass is 10.0. The van der Waals surface area contributed by atoms with Crippen LogP contribution < -0.4 is 5.32 Å². The molecule has 0 saturated carbocycles. The number of nitro benzene ring substituents is 1. The Balaban J connectivity index is 1.42. The molecule has 1 aliphatic heterocycles. The fourth-order valence-corrected chi connectivity index (χ4v) is 5.03. The molecule has 1 aliphatic rings. The van der Waals surface area contributed by atoms with Crippen LogP contribution in [-0.2, 0) is 6.42 Å². The fraction of sp³-hybridized carbons (Fsp3) is 0.269. The Hall–Kier alpha value is -3.00. The van der Waals surface area contributed by atoms with Crippen LogP contribution in [0.15, 0.2) is 88.7 Å². The number of ketones is 1. The second-order valence-corrected chi connectivity index (χ2v) is 9.23. The van der Waals surface area contributed by atoms with Gasteiger partial charge >= 0.3 is 0 Å². The van der Waals surface area contributed by atoms with Gasteiger partial charge in [-0.05, 0) is 36.2 Å². The first-order valence-corrected chi connectivity index (χ1v) is 11.9. The normalized spacial score (nSPS) is 16.4. The van der Waals surface area contributed by atoms with E-state index in [4.69, 9.17) is 0 Å². The molecule has 1 fully saturated rings. The Morgan fingerprint density at radius 1 is 1.06 bits per heavy atom. The van der Waals surface area contributed by atoms with E-state index in [0.29, 0.717) is 29.5 Å². The van der Waals surface area contributed by atoms with Crippen molar-refractivity contribution in [3.05, 3.63) is 100 Å². The molecule has 3 aromatic rings. The van der Waals surface area contributed by atoms with Gasteiger partial charge in [0.2, 0.25) is 0 Å². The molecular formula is C26H27N3O3S. The van der Waals surface area contributed by atoms with Gasteiger partial charge in [-0.15, -0.1) is 0 Å². The van der Waals surface area contributed by atoms with Crippen LogP contribution in [0.5, 0.6) is 0 Å². The first-order valence-electron chi connectivity index (χ1n) is 11.1. The van der Waals surface area contributed by atoms with E-state index >= 15 is 0 Å². The van der Waals surface area contributed by atoms with E-state index in [1.54, 1.807) is 12.1 Å². The molecule has 1 N–H and O–H groups in total. The van der Waals surface area contributed by atoms with Crippen molar-refractivity contribution in [2.75, 3.05) is 26.2 Å². The quantitative estimate of drug-likeness (QED) is 0.279. The molecule has 1 atom stereocenters. The summed E-state index contributed by atoms with van der Waals surface area (Å²) < 4.78 is 0. The zero-order valence-electron chi connectivity index (χ0n) is 18.4.